The normalized spacial score (nSPS) is 25.5. The molecular weight excluding hydrogens is 313 g/mol. The molecule has 138 valence electrons. The number of rotatable bonds is 6. The van der Waals surface area contributed by atoms with E-state index in [2.05, 4.69) is 39.5 Å². The molecule has 1 aromatic carbocycles. The molecule has 2 aliphatic heterocycles. The predicted molar refractivity (Wildman–Crippen MR) is 103 cm³/mol. The van der Waals surface area contributed by atoms with Crippen molar-refractivity contribution in [1.82, 2.24) is 4.90 Å². The second kappa shape index (κ2) is 7.30. The molecule has 5 heteroatoms. The van der Waals surface area contributed by atoms with Crippen LogP contribution in [-0.2, 0) is 9.31 Å². The van der Waals surface area contributed by atoms with Crippen molar-refractivity contribution in [3.05, 3.63) is 24.3 Å². The van der Waals surface area contributed by atoms with E-state index in [-0.39, 0.29) is 18.3 Å². The zero-order valence-electron chi connectivity index (χ0n) is 16.4. The Morgan fingerprint density at radius 2 is 1.76 bits per heavy atom. The summed E-state index contributed by atoms with van der Waals surface area (Å²) in [5, 5.41) is 0. The molecule has 0 spiro atoms. The summed E-state index contributed by atoms with van der Waals surface area (Å²) < 4.78 is 18.1. The molecule has 2 saturated heterocycles. The maximum Gasteiger partial charge on any atom is 0.494 e. The van der Waals surface area contributed by atoms with Crippen LogP contribution in [0.15, 0.2) is 24.3 Å². The highest BCUT2D eigenvalue weighted by Crippen LogP contribution is 2.36. The highest BCUT2D eigenvalue weighted by atomic mass is 16.7. The summed E-state index contributed by atoms with van der Waals surface area (Å²) in [6.45, 7) is 13.8. The first-order valence-corrected chi connectivity index (χ1v) is 9.61. The Labute approximate surface area is 153 Å². The second-order valence-electron chi connectivity index (χ2n) is 8.39. The number of benzene rings is 1. The minimum absolute atomic E-state index is 0.306. The van der Waals surface area contributed by atoms with Gasteiger partial charge in [0.15, 0.2) is 0 Å². The Bertz CT molecular complexity index is 557. The second-order valence-corrected chi connectivity index (χ2v) is 8.39. The monoisotopic (exact) mass is 345 g/mol. The molecule has 3 rings (SSSR count). The summed E-state index contributed by atoms with van der Waals surface area (Å²) >= 11 is 0. The zero-order valence-corrected chi connectivity index (χ0v) is 16.4. The van der Waals surface area contributed by atoms with Gasteiger partial charge in [-0.25, -0.2) is 0 Å². The molecule has 25 heavy (non-hydrogen) atoms. The van der Waals surface area contributed by atoms with Crippen molar-refractivity contribution in [2.75, 3.05) is 19.7 Å². The fraction of sp³-hybridized carbons (Fsp3) is 0.700. The average Bonchev–Trinajstić information content (AvgIpc) is 3.05. The van der Waals surface area contributed by atoms with Gasteiger partial charge in [-0.05, 0) is 78.0 Å². The minimum atomic E-state index is -0.310. The molecule has 0 aromatic heterocycles. The topological polar surface area (TPSA) is 30.9 Å². The lowest BCUT2D eigenvalue weighted by atomic mass is 9.79. The first-order valence-electron chi connectivity index (χ1n) is 9.61. The molecule has 1 aromatic rings. The molecule has 0 aliphatic carbocycles. The van der Waals surface area contributed by atoms with Gasteiger partial charge in [-0.2, -0.15) is 0 Å². The van der Waals surface area contributed by atoms with E-state index in [9.17, 15) is 0 Å². The zero-order chi connectivity index (χ0) is 18.1. The predicted octanol–water partition coefficient (Wildman–Crippen LogP) is 3.24. The quantitative estimate of drug-likeness (QED) is 0.585. The molecule has 0 saturated carbocycles. The fourth-order valence-corrected chi connectivity index (χ4v) is 3.48. The summed E-state index contributed by atoms with van der Waals surface area (Å²) in [5.41, 5.74) is 0.427. The van der Waals surface area contributed by atoms with E-state index in [0.717, 1.165) is 36.8 Å². The van der Waals surface area contributed by atoms with Gasteiger partial charge >= 0.3 is 7.12 Å². The fourth-order valence-electron chi connectivity index (χ4n) is 3.48. The summed E-state index contributed by atoms with van der Waals surface area (Å²) in [5.74, 6) is 0.912. The lowest BCUT2D eigenvalue weighted by molar-refractivity contribution is 0.00578. The summed E-state index contributed by atoms with van der Waals surface area (Å²) in [4.78, 5) is 2.56. The van der Waals surface area contributed by atoms with Crippen LogP contribution in [0.4, 0.5) is 0 Å². The van der Waals surface area contributed by atoms with Crippen LogP contribution < -0.4 is 10.2 Å². The molecule has 0 N–H and O–H groups in total. The van der Waals surface area contributed by atoms with Crippen LogP contribution in [0.3, 0.4) is 0 Å². The Kier molecular flexibility index (Phi) is 5.47. The molecular formula is C20H32BNO3. The number of nitrogens with zero attached hydrogens (tertiary/aromatic N) is 1. The average molecular weight is 345 g/mol. The van der Waals surface area contributed by atoms with Gasteiger partial charge in [-0.1, -0.05) is 12.1 Å². The van der Waals surface area contributed by atoms with E-state index >= 15 is 0 Å². The van der Waals surface area contributed by atoms with Gasteiger partial charge in [-0.3, -0.25) is 0 Å². The molecule has 1 atom stereocenters. The molecule has 0 radical (unpaired) electrons. The Morgan fingerprint density at radius 3 is 2.32 bits per heavy atom. The van der Waals surface area contributed by atoms with Crippen molar-refractivity contribution < 1.29 is 14.0 Å². The highest BCUT2D eigenvalue weighted by molar-refractivity contribution is 6.62. The molecule has 2 heterocycles. The maximum absolute atomic E-state index is 6.09. The van der Waals surface area contributed by atoms with Gasteiger partial charge in [0.05, 0.1) is 17.8 Å². The first kappa shape index (κ1) is 18.7. The van der Waals surface area contributed by atoms with Crippen molar-refractivity contribution >= 4 is 12.6 Å². The van der Waals surface area contributed by atoms with Crippen LogP contribution in [0.5, 0.6) is 5.75 Å². The lowest BCUT2D eigenvalue weighted by Gasteiger charge is -2.32. The van der Waals surface area contributed by atoms with E-state index in [0.29, 0.717) is 0 Å². The van der Waals surface area contributed by atoms with Crippen molar-refractivity contribution in [3.8, 4) is 5.75 Å². The van der Waals surface area contributed by atoms with Gasteiger partial charge in [0, 0.05) is 12.6 Å². The third-order valence-electron chi connectivity index (χ3n) is 5.95. The molecule has 0 bridgehead atoms. The number of likely N-dealkylation sites (tertiary alicyclic amines) is 1. The molecule has 2 fully saturated rings. The molecule has 1 unspecified atom stereocenters. The Balaban J connectivity index is 1.46. The Hall–Kier alpha value is -1.04. The van der Waals surface area contributed by atoms with E-state index in [4.69, 9.17) is 14.0 Å². The van der Waals surface area contributed by atoms with Crippen LogP contribution in [0.25, 0.3) is 0 Å². The van der Waals surface area contributed by atoms with E-state index in [1.165, 1.54) is 19.4 Å². The van der Waals surface area contributed by atoms with E-state index in [1.807, 2.05) is 24.3 Å². The van der Waals surface area contributed by atoms with Gasteiger partial charge < -0.3 is 18.9 Å². The molecule has 4 nitrogen and oxygen atoms in total. The van der Waals surface area contributed by atoms with Crippen molar-refractivity contribution in [2.24, 2.45) is 0 Å². The molecule has 2 aliphatic rings. The standard InChI is InChI=1S/C20H32BNO3/c1-16-8-6-13-22(16)14-7-15-23-18-11-9-17(10-12-18)21-24-19(2,3)20(4,5)25-21/h9-12,16H,6-8,13-15H2,1-5H3. The third-order valence-corrected chi connectivity index (χ3v) is 5.95. The summed E-state index contributed by atoms with van der Waals surface area (Å²) in [6, 6.07) is 8.84. The van der Waals surface area contributed by atoms with Gasteiger partial charge in [0.2, 0.25) is 0 Å². The van der Waals surface area contributed by atoms with Crippen molar-refractivity contribution in [3.63, 3.8) is 0 Å². The summed E-state index contributed by atoms with van der Waals surface area (Å²) in [6.07, 6.45) is 3.74. The minimum Gasteiger partial charge on any atom is -0.494 e. The van der Waals surface area contributed by atoms with Crippen LogP contribution in [0.2, 0.25) is 0 Å². The number of hydrogen-bond donors (Lipinski definition) is 0. The lowest BCUT2D eigenvalue weighted by Crippen LogP contribution is -2.41. The largest absolute Gasteiger partial charge is 0.494 e. The SMILES string of the molecule is CC1CCCN1CCCOc1ccc(B2OC(C)(C)C(C)(C)O2)cc1. The van der Waals surface area contributed by atoms with E-state index < -0.39 is 0 Å². The van der Waals surface area contributed by atoms with Crippen LogP contribution in [-0.4, -0.2) is 49.0 Å². The van der Waals surface area contributed by atoms with Crippen LogP contribution in [0, 0.1) is 0 Å². The van der Waals surface area contributed by atoms with Crippen molar-refractivity contribution in [2.45, 2.75) is 71.1 Å². The molecule has 0 amide bonds. The van der Waals surface area contributed by atoms with Gasteiger partial charge in [0.25, 0.3) is 0 Å². The van der Waals surface area contributed by atoms with Crippen LogP contribution in [0.1, 0.15) is 53.9 Å². The van der Waals surface area contributed by atoms with Crippen LogP contribution >= 0.6 is 0 Å². The summed E-state index contributed by atoms with van der Waals surface area (Å²) in [7, 11) is -0.310. The Morgan fingerprint density at radius 1 is 1.12 bits per heavy atom. The maximum atomic E-state index is 6.09. The van der Waals surface area contributed by atoms with E-state index in [1.54, 1.807) is 0 Å². The highest BCUT2D eigenvalue weighted by Gasteiger charge is 2.51. The van der Waals surface area contributed by atoms with Gasteiger partial charge in [0.1, 0.15) is 5.75 Å². The van der Waals surface area contributed by atoms with Gasteiger partial charge in [-0.15, -0.1) is 0 Å². The van der Waals surface area contributed by atoms with Crippen molar-refractivity contribution in [1.29, 1.82) is 0 Å². The smallest absolute Gasteiger partial charge is 0.494 e. The number of ether oxygens (including phenoxy) is 1. The number of hydrogen-bond acceptors (Lipinski definition) is 4. The first-order chi connectivity index (χ1) is 11.8. The third kappa shape index (κ3) is 4.21.